The molecule has 0 aliphatic carbocycles. The van der Waals surface area contributed by atoms with Crippen molar-refractivity contribution in [3.05, 3.63) is 64.7 Å². The number of fused-ring (bicyclic) bond motifs is 1. The summed E-state index contributed by atoms with van der Waals surface area (Å²) in [4.78, 5) is 38.8. The van der Waals surface area contributed by atoms with Gasteiger partial charge in [0.1, 0.15) is 6.02 Å². The Morgan fingerprint density at radius 2 is 1.85 bits per heavy atom. The maximum Gasteiger partial charge on any atom is 0.255 e. The summed E-state index contributed by atoms with van der Waals surface area (Å²) in [5.74, 6) is -1.79. The highest BCUT2D eigenvalue weighted by molar-refractivity contribution is 6.06. The molecule has 0 spiro atoms. The van der Waals surface area contributed by atoms with Crippen molar-refractivity contribution < 1.29 is 31.5 Å². The fourth-order valence-electron chi connectivity index (χ4n) is 4.01. The molecule has 3 aliphatic heterocycles. The topological polar surface area (TPSA) is 91.0 Å². The van der Waals surface area contributed by atoms with Gasteiger partial charge in [0.15, 0.2) is 0 Å². The number of piperidine rings is 1. The number of amides is 3. The quantitative estimate of drug-likeness (QED) is 0.644. The smallest absolute Gasteiger partial charge is 0.255 e. The van der Waals surface area contributed by atoms with Crippen LogP contribution < -0.4 is 10.6 Å². The monoisotopic (exact) mass is 457 g/mol. The maximum absolute atomic E-state index is 13.1. The second-order valence-electron chi connectivity index (χ2n) is 7.83. The van der Waals surface area contributed by atoms with E-state index in [4.69, 9.17) is 12.3 Å². The molecule has 2 N–H and O–H groups in total. The van der Waals surface area contributed by atoms with Crippen molar-refractivity contribution in [3.8, 4) is 0 Å². The first-order valence-electron chi connectivity index (χ1n) is 15.0. The first kappa shape index (κ1) is 13.5. The van der Waals surface area contributed by atoms with Gasteiger partial charge < -0.3 is 15.0 Å². The molecule has 33 heavy (non-hydrogen) atoms. The summed E-state index contributed by atoms with van der Waals surface area (Å²) in [5, 5.41) is 5.38. The van der Waals surface area contributed by atoms with Gasteiger partial charge in [0.2, 0.25) is 11.8 Å². The molecule has 2 aromatic carbocycles. The van der Waals surface area contributed by atoms with E-state index in [0.29, 0.717) is 27.3 Å². The lowest BCUT2D eigenvalue weighted by molar-refractivity contribution is -0.136. The number of imide groups is 1. The second kappa shape index (κ2) is 9.33. The molecule has 2 aromatic rings. The van der Waals surface area contributed by atoms with Crippen molar-refractivity contribution in [2.45, 2.75) is 38.5 Å². The molecule has 1 unspecified atom stereocenters. The number of hydrogen-bond acceptors (Lipinski definition) is 6. The van der Waals surface area contributed by atoms with E-state index >= 15 is 0 Å². The van der Waals surface area contributed by atoms with Gasteiger partial charge in [0, 0.05) is 61.3 Å². The average Bonchev–Trinajstić information content (AvgIpc) is 3.25. The van der Waals surface area contributed by atoms with Gasteiger partial charge in [-0.05, 0) is 29.7 Å². The lowest BCUT2D eigenvalue weighted by Crippen LogP contribution is -2.52. The minimum atomic E-state index is -3.11. The lowest BCUT2D eigenvalue weighted by atomic mass is 10.0. The molecule has 0 aromatic heterocycles. The second-order valence-corrected chi connectivity index (χ2v) is 7.83. The predicted octanol–water partition coefficient (Wildman–Crippen LogP) is 1.89. The summed E-state index contributed by atoms with van der Waals surface area (Å²) in [5.41, 5.74) is 2.74. The highest BCUT2D eigenvalue weighted by atomic mass is 16.5. The Labute approximate surface area is 205 Å². The Morgan fingerprint density at radius 3 is 2.61 bits per heavy atom. The first-order valence-corrected chi connectivity index (χ1v) is 10.5. The number of ether oxygens (including phenoxy) is 1. The summed E-state index contributed by atoms with van der Waals surface area (Å²) >= 11 is 0. The minimum Gasteiger partial charge on any atom is -0.381 e. The van der Waals surface area contributed by atoms with E-state index in [9.17, 15) is 14.4 Å². The van der Waals surface area contributed by atoms with Crippen LogP contribution in [-0.4, -0.2) is 59.7 Å². The van der Waals surface area contributed by atoms with Crippen molar-refractivity contribution >= 4 is 23.4 Å². The lowest BCUT2D eigenvalue weighted by Gasteiger charge is -2.29. The highest BCUT2D eigenvalue weighted by Gasteiger charge is 2.39. The van der Waals surface area contributed by atoms with Gasteiger partial charge in [-0.25, -0.2) is 0 Å². The number of carbonyl (C=O) groups excluding carboxylic acids is 3. The molecule has 3 aliphatic rings. The van der Waals surface area contributed by atoms with E-state index < -0.39 is 56.4 Å². The van der Waals surface area contributed by atoms with Crippen LogP contribution in [0.2, 0.25) is 0 Å². The molecule has 2 fully saturated rings. The molecule has 8 nitrogen and oxygen atoms in total. The van der Waals surface area contributed by atoms with Gasteiger partial charge in [0.25, 0.3) is 5.91 Å². The summed E-state index contributed by atoms with van der Waals surface area (Å²) in [6.45, 7) is -12.3. The van der Waals surface area contributed by atoms with Crippen LogP contribution in [-0.2, 0) is 34.0 Å². The van der Waals surface area contributed by atoms with Crippen LogP contribution >= 0.6 is 0 Å². The molecular formula is C25H28N4O4. The molecule has 0 saturated carbocycles. The van der Waals surface area contributed by atoms with E-state index in [1.165, 1.54) is 0 Å². The molecule has 0 radical (unpaired) electrons. The predicted molar refractivity (Wildman–Crippen MR) is 122 cm³/mol. The number of anilines is 1. The number of carbonyl (C=O) groups is 3. The molecule has 8 heteroatoms. The van der Waals surface area contributed by atoms with Crippen molar-refractivity contribution in [1.29, 1.82) is 0 Å². The zero-order chi connectivity index (χ0) is 30.9. The molecular weight excluding hydrogens is 420 g/mol. The Kier molecular flexibility index (Phi) is 3.81. The maximum atomic E-state index is 13.1. The third kappa shape index (κ3) is 4.62. The minimum absolute atomic E-state index is 0.00587. The van der Waals surface area contributed by atoms with Gasteiger partial charge in [-0.3, -0.25) is 24.6 Å². The third-order valence-electron chi connectivity index (χ3n) is 5.71. The molecule has 5 rings (SSSR count). The SMILES string of the molecule is [2H]C1(N2Cc3c(NCc4ccc(CN5C([2H])([2H])C([2H])([2H])OC([2H])([2H])C5([2H])[2H])cc4)cccc3C2=O)CCC(=O)NC1=O. The average molecular weight is 458 g/mol. The molecule has 2 saturated heterocycles. The van der Waals surface area contributed by atoms with Gasteiger partial charge in [-0.15, -0.1) is 0 Å². The number of rotatable bonds is 6. The summed E-state index contributed by atoms with van der Waals surface area (Å²) in [6, 6.07) is 9.72. The largest absolute Gasteiger partial charge is 0.381 e. The molecule has 1 atom stereocenters. The third-order valence-corrected chi connectivity index (χ3v) is 5.71. The Hall–Kier alpha value is -3.23. The first-order chi connectivity index (χ1) is 19.4. The van der Waals surface area contributed by atoms with E-state index in [2.05, 4.69) is 15.4 Å². The van der Waals surface area contributed by atoms with E-state index in [1.807, 2.05) is 0 Å². The number of hydrogen-bond donors (Lipinski definition) is 2. The highest BCUT2D eigenvalue weighted by Crippen LogP contribution is 2.32. The van der Waals surface area contributed by atoms with Crippen molar-refractivity contribution in [1.82, 2.24) is 15.1 Å². The van der Waals surface area contributed by atoms with Crippen molar-refractivity contribution in [2.75, 3.05) is 31.4 Å². The zero-order valence-electron chi connectivity index (χ0n) is 26.6. The molecule has 3 heterocycles. The summed E-state index contributed by atoms with van der Waals surface area (Å²) < 4.78 is 77.2. The molecule has 0 bridgehead atoms. The standard InChI is InChI=1S/C25H28N4O4/c30-23-9-8-22(24(31)27-23)29-16-20-19(25(29)32)2-1-3-21(20)26-14-17-4-6-18(7-5-17)15-28-10-12-33-13-11-28/h1-7,22,26H,8-16H2,(H,27,30,31)/i10D2,11D2,12D2,13D2,22D. The van der Waals surface area contributed by atoms with Crippen molar-refractivity contribution in [2.24, 2.45) is 0 Å². The van der Waals surface area contributed by atoms with Crippen molar-refractivity contribution in [3.63, 3.8) is 0 Å². The van der Waals surface area contributed by atoms with E-state index in [1.54, 1.807) is 42.5 Å². The van der Waals surface area contributed by atoms with Gasteiger partial charge in [-0.2, -0.15) is 0 Å². The van der Waals surface area contributed by atoms with E-state index in [-0.39, 0.29) is 25.9 Å². The molecule has 172 valence electrons. The Balaban J connectivity index is 1.29. The van der Waals surface area contributed by atoms with Crippen LogP contribution in [0.4, 0.5) is 5.69 Å². The van der Waals surface area contributed by atoms with Crippen LogP contribution in [0, 0.1) is 0 Å². The fraction of sp³-hybridized carbons (Fsp3) is 0.400. The van der Waals surface area contributed by atoms with Crippen LogP contribution in [0.15, 0.2) is 42.5 Å². The number of nitrogens with zero attached hydrogens (tertiary/aromatic N) is 2. The van der Waals surface area contributed by atoms with Crippen LogP contribution in [0.5, 0.6) is 0 Å². The fourth-order valence-corrected chi connectivity index (χ4v) is 4.01. The summed E-state index contributed by atoms with van der Waals surface area (Å²) in [6.07, 6.45) is -0.146. The van der Waals surface area contributed by atoms with E-state index in [0.717, 1.165) is 10.5 Å². The summed E-state index contributed by atoms with van der Waals surface area (Å²) in [7, 11) is 0. The Morgan fingerprint density at radius 1 is 1.09 bits per heavy atom. The zero-order valence-corrected chi connectivity index (χ0v) is 17.6. The van der Waals surface area contributed by atoms with Gasteiger partial charge >= 0.3 is 0 Å². The van der Waals surface area contributed by atoms with Gasteiger partial charge in [0.05, 0.1) is 20.0 Å². The Bertz CT molecular complexity index is 1430. The normalized spacial score (nSPS) is 33.5. The van der Waals surface area contributed by atoms with Gasteiger partial charge in [-0.1, -0.05) is 30.3 Å². The number of nitrogens with one attached hydrogen (secondary N) is 2. The van der Waals surface area contributed by atoms with Crippen LogP contribution in [0.1, 0.15) is 52.2 Å². The number of morpholine rings is 1. The van der Waals surface area contributed by atoms with Crippen LogP contribution in [0.3, 0.4) is 0 Å². The van der Waals surface area contributed by atoms with Crippen LogP contribution in [0.25, 0.3) is 0 Å². The number of benzene rings is 2. The molecule has 3 amide bonds.